The first-order valence-corrected chi connectivity index (χ1v) is 7.43. The monoisotopic (exact) mass is 275 g/mol. The lowest BCUT2D eigenvalue weighted by atomic mass is 9.93. The van der Waals surface area contributed by atoms with Crippen molar-refractivity contribution < 1.29 is 14.6 Å². The van der Waals surface area contributed by atoms with E-state index in [4.69, 9.17) is 4.74 Å². The first kappa shape index (κ1) is 13.4. The van der Waals surface area contributed by atoms with Crippen molar-refractivity contribution in [1.82, 2.24) is 0 Å². The minimum atomic E-state index is -0.810. The van der Waals surface area contributed by atoms with Gasteiger partial charge >= 0.3 is 5.97 Å². The fraction of sp³-hybridized carbons (Fsp3) is 0.562. The molecule has 0 atom stereocenters. The average molecular weight is 275 g/mol. The highest BCUT2D eigenvalue weighted by Crippen LogP contribution is 2.31. The van der Waals surface area contributed by atoms with Gasteiger partial charge in [-0.25, -0.2) is 4.79 Å². The fourth-order valence-corrected chi connectivity index (χ4v) is 3.33. The molecule has 4 heteroatoms. The highest BCUT2D eigenvalue weighted by Gasteiger charge is 2.24. The number of nitrogens with zero attached hydrogens (tertiary/aromatic N) is 1. The van der Waals surface area contributed by atoms with Crippen molar-refractivity contribution >= 4 is 11.7 Å². The van der Waals surface area contributed by atoms with Crippen LogP contribution in [0.4, 0.5) is 5.69 Å². The molecule has 2 aliphatic heterocycles. The third kappa shape index (κ3) is 2.66. The summed E-state index contributed by atoms with van der Waals surface area (Å²) in [7, 11) is 0. The number of carboxylic acids is 1. The SMILES string of the molecule is O=C(O)c1cccc2c1CCCN2CC1CCOCC1. The summed E-state index contributed by atoms with van der Waals surface area (Å²) in [6, 6.07) is 5.66. The molecule has 4 nitrogen and oxygen atoms in total. The van der Waals surface area contributed by atoms with Crippen molar-refractivity contribution in [2.24, 2.45) is 5.92 Å². The maximum atomic E-state index is 11.3. The predicted octanol–water partition coefficient (Wildman–Crippen LogP) is 2.56. The fourth-order valence-electron chi connectivity index (χ4n) is 3.33. The number of carbonyl (C=O) groups is 1. The quantitative estimate of drug-likeness (QED) is 0.921. The number of rotatable bonds is 3. The van der Waals surface area contributed by atoms with Gasteiger partial charge in [0, 0.05) is 32.0 Å². The lowest BCUT2D eigenvalue weighted by Gasteiger charge is -2.35. The van der Waals surface area contributed by atoms with Crippen LogP contribution in [0.25, 0.3) is 0 Å². The summed E-state index contributed by atoms with van der Waals surface area (Å²) in [5.41, 5.74) is 2.61. The molecule has 1 fully saturated rings. The Morgan fingerprint density at radius 1 is 1.35 bits per heavy atom. The van der Waals surface area contributed by atoms with Crippen LogP contribution in [0.2, 0.25) is 0 Å². The Morgan fingerprint density at radius 2 is 2.15 bits per heavy atom. The van der Waals surface area contributed by atoms with Gasteiger partial charge in [-0.1, -0.05) is 6.07 Å². The molecule has 1 aromatic carbocycles. The number of hydrogen-bond donors (Lipinski definition) is 1. The van der Waals surface area contributed by atoms with Gasteiger partial charge in [-0.2, -0.15) is 0 Å². The molecular weight excluding hydrogens is 254 g/mol. The van der Waals surface area contributed by atoms with Crippen molar-refractivity contribution in [3.8, 4) is 0 Å². The van der Waals surface area contributed by atoms with Gasteiger partial charge < -0.3 is 14.7 Å². The Kier molecular flexibility index (Phi) is 3.92. The topological polar surface area (TPSA) is 49.8 Å². The molecule has 0 unspecified atom stereocenters. The van der Waals surface area contributed by atoms with Crippen LogP contribution in [0.1, 0.15) is 35.2 Å². The van der Waals surface area contributed by atoms with Gasteiger partial charge in [0.05, 0.1) is 5.56 Å². The molecule has 1 saturated heterocycles. The van der Waals surface area contributed by atoms with Crippen molar-refractivity contribution in [3.63, 3.8) is 0 Å². The van der Waals surface area contributed by atoms with Crippen LogP contribution in [0.5, 0.6) is 0 Å². The van der Waals surface area contributed by atoms with E-state index in [0.717, 1.165) is 63.2 Å². The van der Waals surface area contributed by atoms with Gasteiger partial charge in [0.1, 0.15) is 0 Å². The number of fused-ring (bicyclic) bond motifs is 1. The second-order valence-corrected chi connectivity index (χ2v) is 5.71. The minimum absolute atomic E-state index is 0.471. The van der Waals surface area contributed by atoms with Crippen LogP contribution in [0.15, 0.2) is 18.2 Å². The van der Waals surface area contributed by atoms with E-state index in [9.17, 15) is 9.90 Å². The van der Waals surface area contributed by atoms with Crippen molar-refractivity contribution in [1.29, 1.82) is 0 Å². The molecule has 20 heavy (non-hydrogen) atoms. The molecule has 0 saturated carbocycles. The van der Waals surface area contributed by atoms with E-state index in [-0.39, 0.29) is 0 Å². The summed E-state index contributed by atoms with van der Waals surface area (Å²) >= 11 is 0. The predicted molar refractivity (Wildman–Crippen MR) is 77.5 cm³/mol. The largest absolute Gasteiger partial charge is 0.478 e. The van der Waals surface area contributed by atoms with E-state index in [1.54, 1.807) is 6.07 Å². The second kappa shape index (κ2) is 5.83. The summed E-state index contributed by atoms with van der Waals surface area (Å²) < 4.78 is 5.41. The van der Waals surface area contributed by atoms with Gasteiger partial charge in [0.15, 0.2) is 0 Å². The molecule has 0 aliphatic carbocycles. The highest BCUT2D eigenvalue weighted by atomic mass is 16.5. The summed E-state index contributed by atoms with van der Waals surface area (Å²) in [5.74, 6) is -0.141. The van der Waals surface area contributed by atoms with E-state index in [0.29, 0.717) is 11.5 Å². The summed E-state index contributed by atoms with van der Waals surface area (Å²) in [5, 5.41) is 9.31. The third-order valence-electron chi connectivity index (χ3n) is 4.40. The van der Waals surface area contributed by atoms with E-state index < -0.39 is 5.97 Å². The lowest BCUT2D eigenvalue weighted by Crippen LogP contribution is -2.36. The Labute approximate surface area is 119 Å². The molecule has 2 heterocycles. The summed E-state index contributed by atoms with van der Waals surface area (Å²) in [6.07, 6.45) is 4.15. The summed E-state index contributed by atoms with van der Waals surface area (Å²) in [6.45, 7) is 3.79. The van der Waals surface area contributed by atoms with Crippen LogP contribution in [-0.2, 0) is 11.2 Å². The number of anilines is 1. The number of ether oxygens (including phenoxy) is 1. The molecule has 0 amide bonds. The molecular formula is C16H21NO3. The van der Waals surface area contributed by atoms with E-state index in [1.807, 2.05) is 6.07 Å². The first-order valence-electron chi connectivity index (χ1n) is 7.43. The van der Waals surface area contributed by atoms with Gasteiger partial charge in [-0.05, 0) is 49.3 Å². The van der Waals surface area contributed by atoms with Gasteiger partial charge in [0.25, 0.3) is 0 Å². The average Bonchev–Trinajstić information content (AvgIpc) is 2.48. The molecule has 2 aliphatic rings. The van der Waals surface area contributed by atoms with E-state index >= 15 is 0 Å². The standard InChI is InChI=1S/C16H21NO3/c18-16(19)14-3-1-5-15-13(14)4-2-8-17(15)11-12-6-9-20-10-7-12/h1,3,5,12H,2,4,6-11H2,(H,18,19). The molecule has 1 aromatic rings. The number of carboxylic acid groups (broad SMARTS) is 1. The summed E-state index contributed by atoms with van der Waals surface area (Å²) in [4.78, 5) is 13.7. The van der Waals surface area contributed by atoms with Crippen LogP contribution >= 0.6 is 0 Å². The zero-order valence-corrected chi connectivity index (χ0v) is 11.7. The maximum absolute atomic E-state index is 11.3. The zero-order chi connectivity index (χ0) is 13.9. The zero-order valence-electron chi connectivity index (χ0n) is 11.7. The smallest absolute Gasteiger partial charge is 0.336 e. The first-order chi connectivity index (χ1) is 9.75. The normalized spacial score (nSPS) is 19.7. The second-order valence-electron chi connectivity index (χ2n) is 5.71. The number of benzene rings is 1. The minimum Gasteiger partial charge on any atom is -0.478 e. The molecule has 0 radical (unpaired) electrons. The molecule has 1 N–H and O–H groups in total. The third-order valence-corrected chi connectivity index (χ3v) is 4.40. The van der Waals surface area contributed by atoms with Crippen LogP contribution in [-0.4, -0.2) is 37.4 Å². The molecule has 0 spiro atoms. The van der Waals surface area contributed by atoms with Crippen LogP contribution in [0.3, 0.4) is 0 Å². The van der Waals surface area contributed by atoms with Crippen molar-refractivity contribution in [2.75, 3.05) is 31.2 Å². The Balaban J connectivity index is 1.82. The van der Waals surface area contributed by atoms with E-state index in [2.05, 4.69) is 11.0 Å². The molecule has 0 aromatic heterocycles. The molecule has 108 valence electrons. The van der Waals surface area contributed by atoms with E-state index in [1.165, 1.54) is 0 Å². The number of hydrogen-bond acceptors (Lipinski definition) is 3. The van der Waals surface area contributed by atoms with Crippen LogP contribution in [0, 0.1) is 5.92 Å². The Morgan fingerprint density at radius 3 is 2.90 bits per heavy atom. The highest BCUT2D eigenvalue weighted by molar-refractivity contribution is 5.91. The van der Waals surface area contributed by atoms with Crippen molar-refractivity contribution in [3.05, 3.63) is 29.3 Å². The Bertz CT molecular complexity index is 494. The van der Waals surface area contributed by atoms with Gasteiger partial charge in [0.2, 0.25) is 0 Å². The van der Waals surface area contributed by atoms with Gasteiger partial charge in [-0.3, -0.25) is 0 Å². The molecule has 0 bridgehead atoms. The maximum Gasteiger partial charge on any atom is 0.336 e. The number of aromatic carboxylic acids is 1. The lowest BCUT2D eigenvalue weighted by molar-refractivity contribution is 0.0681. The van der Waals surface area contributed by atoms with Gasteiger partial charge in [-0.15, -0.1) is 0 Å². The van der Waals surface area contributed by atoms with Crippen molar-refractivity contribution in [2.45, 2.75) is 25.7 Å². The Hall–Kier alpha value is -1.55. The van der Waals surface area contributed by atoms with Crippen LogP contribution < -0.4 is 4.90 Å². The molecule has 3 rings (SSSR count).